The summed E-state index contributed by atoms with van der Waals surface area (Å²) in [6, 6.07) is 17.1. The standard InChI is InChI=1S/C34H32O7/c1-20(2)19-38-29-17-26(24-9-13-27(14-10-24)39-32(35)21(3)4)18-30(41-34(37)23(7)8)31(29)25-11-15-28(16-12-25)40-33(36)22(5)6/h9-18H,1,3,5,7,19H2,2,4,6,8H3. The van der Waals surface area contributed by atoms with Gasteiger partial charge in [0.2, 0.25) is 0 Å². The van der Waals surface area contributed by atoms with Crippen LogP contribution in [0.1, 0.15) is 27.7 Å². The molecule has 3 aromatic carbocycles. The molecule has 0 spiro atoms. The molecule has 0 unspecified atom stereocenters. The van der Waals surface area contributed by atoms with Crippen LogP contribution in [-0.4, -0.2) is 24.5 Å². The SMILES string of the molecule is C=C(C)COc1cc(-c2ccc(OC(=O)C(=C)C)cc2)cc(OC(=O)C(=C)C)c1-c1ccc(OC(=O)C(=C)C)cc1. The Hall–Kier alpha value is -5.17. The number of carbonyl (C=O) groups excluding carboxylic acids is 3. The first-order valence-corrected chi connectivity index (χ1v) is 12.6. The molecule has 210 valence electrons. The van der Waals surface area contributed by atoms with Gasteiger partial charge < -0.3 is 18.9 Å². The second-order valence-corrected chi connectivity index (χ2v) is 9.65. The van der Waals surface area contributed by atoms with Crippen LogP contribution in [0.4, 0.5) is 0 Å². The van der Waals surface area contributed by atoms with Gasteiger partial charge in [0.15, 0.2) is 0 Å². The third kappa shape index (κ3) is 8.16. The molecule has 7 nitrogen and oxygen atoms in total. The summed E-state index contributed by atoms with van der Waals surface area (Å²) in [6.07, 6.45) is 0. The summed E-state index contributed by atoms with van der Waals surface area (Å²) < 4.78 is 22.5. The highest BCUT2D eigenvalue weighted by atomic mass is 16.5. The van der Waals surface area contributed by atoms with Crippen LogP contribution in [0, 0.1) is 0 Å². The zero-order chi connectivity index (χ0) is 30.3. The van der Waals surface area contributed by atoms with Crippen LogP contribution >= 0.6 is 0 Å². The number of esters is 3. The molecule has 3 rings (SSSR count). The molecule has 41 heavy (non-hydrogen) atoms. The summed E-state index contributed by atoms with van der Waals surface area (Å²) >= 11 is 0. The van der Waals surface area contributed by atoms with Crippen molar-refractivity contribution < 1.29 is 33.3 Å². The van der Waals surface area contributed by atoms with Crippen LogP contribution in [0.3, 0.4) is 0 Å². The van der Waals surface area contributed by atoms with Crippen LogP contribution in [-0.2, 0) is 14.4 Å². The van der Waals surface area contributed by atoms with Crippen LogP contribution in [0.2, 0.25) is 0 Å². The summed E-state index contributed by atoms with van der Waals surface area (Å²) in [4.78, 5) is 36.5. The Morgan fingerprint density at radius 1 is 0.561 bits per heavy atom. The molecule has 0 bridgehead atoms. The maximum absolute atomic E-state index is 12.7. The van der Waals surface area contributed by atoms with E-state index < -0.39 is 17.9 Å². The van der Waals surface area contributed by atoms with Gasteiger partial charge >= 0.3 is 17.9 Å². The van der Waals surface area contributed by atoms with Crippen molar-refractivity contribution in [2.45, 2.75) is 27.7 Å². The summed E-state index contributed by atoms with van der Waals surface area (Å²) in [7, 11) is 0. The van der Waals surface area contributed by atoms with Crippen LogP contribution < -0.4 is 18.9 Å². The first-order valence-electron chi connectivity index (χ1n) is 12.6. The number of hydrogen-bond acceptors (Lipinski definition) is 7. The monoisotopic (exact) mass is 552 g/mol. The number of ether oxygens (including phenoxy) is 4. The third-order valence-electron chi connectivity index (χ3n) is 5.54. The molecule has 0 radical (unpaired) electrons. The van der Waals surface area contributed by atoms with E-state index in [1.54, 1.807) is 75.4 Å². The average Bonchev–Trinajstić information content (AvgIpc) is 2.92. The molecule has 0 aliphatic rings. The van der Waals surface area contributed by atoms with Gasteiger partial charge in [-0.3, -0.25) is 0 Å². The molecule has 0 saturated carbocycles. The molecular formula is C34H32O7. The number of carbonyl (C=O) groups is 3. The molecule has 0 saturated heterocycles. The van der Waals surface area contributed by atoms with E-state index in [2.05, 4.69) is 26.3 Å². The fraction of sp³-hybridized carbons (Fsp3) is 0.147. The third-order valence-corrected chi connectivity index (χ3v) is 5.54. The highest BCUT2D eigenvalue weighted by Gasteiger charge is 2.20. The first-order chi connectivity index (χ1) is 19.3. The quantitative estimate of drug-likeness (QED) is 0.106. The predicted octanol–water partition coefficient (Wildman–Crippen LogP) is 7.42. The lowest BCUT2D eigenvalue weighted by Gasteiger charge is -2.19. The normalized spacial score (nSPS) is 10.2. The van der Waals surface area contributed by atoms with Crippen molar-refractivity contribution in [3.8, 4) is 45.3 Å². The molecule has 0 aromatic heterocycles. The van der Waals surface area contributed by atoms with Crippen molar-refractivity contribution in [3.05, 3.63) is 109 Å². The van der Waals surface area contributed by atoms with Crippen molar-refractivity contribution in [1.82, 2.24) is 0 Å². The summed E-state index contributed by atoms with van der Waals surface area (Å²) in [5, 5.41) is 0. The molecule has 0 atom stereocenters. The molecule has 0 heterocycles. The molecule has 0 aliphatic carbocycles. The lowest BCUT2D eigenvalue weighted by Crippen LogP contribution is -2.10. The van der Waals surface area contributed by atoms with Crippen molar-refractivity contribution in [1.29, 1.82) is 0 Å². The van der Waals surface area contributed by atoms with Crippen molar-refractivity contribution >= 4 is 17.9 Å². The maximum atomic E-state index is 12.7. The Kier molecular flexibility index (Phi) is 9.82. The van der Waals surface area contributed by atoms with E-state index in [0.29, 0.717) is 33.9 Å². The molecule has 0 fully saturated rings. The minimum Gasteiger partial charge on any atom is -0.488 e. The largest absolute Gasteiger partial charge is 0.488 e. The fourth-order valence-electron chi connectivity index (χ4n) is 3.42. The molecule has 7 heteroatoms. The summed E-state index contributed by atoms with van der Waals surface area (Å²) in [6.45, 7) is 21.5. The maximum Gasteiger partial charge on any atom is 0.338 e. The Labute approximate surface area is 240 Å². The van der Waals surface area contributed by atoms with E-state index >= 15 is 0 Å². The molecule has 0 amide bonds. The summed E-state index contributed by atoms with van der Waals surface area (Å²) in [5.74, 6) is -0.315. The highest BCUT2D eigenvalue weighted by molar-refractivity contribution is 5.92. The fourth-order valence-corrected chi connectivity index (χ4v) is 3.42. The van der Waals surface area contributed by atoms with Crippen LogP contribution in [0.15, 0.2) is 109 Å². The lowest BCUT2D eigenvalue weighted by atomic mass is 9.97. The second kappa shape index (κ2) is 13.3. The molecular weight excluding hydrogens is 520 g/mol. The number of benzene rings is 3. The first kappa shape index (κ1) is 30.4. The van der Waals surface area contributed by atoms with Gasteiger partial charge in [-0.2, -0.15) is 0 Å². The topological polar surface area (TPSA) is 88.1 Å². The van der Waals surface area contributed by atoms with Gasteiger partial charge in [0.05, 0.1) is 5.56 Å². The number of hydrogen-bond donors (Lipinski definition) is 0. The predicted molar refractivity (Wildman–Crippen MR) is 159 cm³/mol. The average molecular weight is 553 g/mol. The van der Waals surface area contributed by atoms with Gasteiger partial charge in [0.1, 0.15) is 29.6 Å². The minimum atomic E-state index is -0.608. The Morgan fingerprint density at radius 3 is 1.41 bits per heavy atom. The van der Waals surface area contributed by atoms with E-state index in [4.69, 9.17) is 18.9 Å². The lowest BCUT2D eigenvalue weighted by molar-refractivity contribution is -0.130. The van der Waals surface area contributed by atoms with Gasteiger partial charge in [-0.25, -0.2) is 14.4 Å². The highest BCUT2D eigenvalue weighted by Crippen LogP contribution is 2.43. The number of rotatable bonds is 11. The van der Waals surface area contributed by atoms with Crippen LogP contribution in [0.25, 0.3) is 22.3 Å². The molecule has 0 N–H and O–H groups in total. The molecule has 0 aliphatic heterocycles. The van der Waals surface area contributed by atoms with Gasteiger partial charge in [0, 0.05) is 16.7 Å². The zero-order valence-corrected chi connectivity index (χ0v) is 23.7. The van der Waals surface area contributed by atoms with Crippen molar-refractivity contribution in [3.63, 3.8) is 0 Å². The van der Waals surface area contributed by atoms with E-state index in [1.807, 2.05) is 13.0 Å². The second-order valence-electron chi connectivity index (χ2n) is 9.65. The van der Waals surface area contributed by atoms with Crippen molar-refractivity contribution in [2.75, 3.05) is 6.61 Å². The van der Waals surface area contributed by atoms with E-state index in [-0.39, 0.29) is 29.1 Å². The van der Waals surface area contributed by atoms with Gasteiger partial charge in [0.25, 0.3) is 0 Å². The van der Waals surface area contributed by atoms with Crippen LogP contribution in [0.5, 0.6) is 23.0 Å². The Morgan fingerprint density at radius 2 is 0.976 bits per heavy atom. The smallest absolute Gasteiger partial charge is 0.338 e. The van der Waals surface area contributed by atoms with Gasteiger partial charge in [-0.1, -0.05) is 50.6 Å². The Balaban J connectivity index is 2.13. The van der Waals surface area contributed by atoms with Crippen molar-refractivity contribution in [2.24, 2.45) is 0 Å². The van der Waals surface area contributed by atoms with Gasteiger partial charge in [-0.05, 0) is 86.4 Å². The zero-order valence-electron chi connectivity index (χ0n) is 23.7. The Bertz CT molecular complexity index is 1540. The summed E-state index contributed by atoms with van der Waals surface area (Å²) in [5.41, 5.74) is 4.15. The minimum absolute atomic E-state index is 0.217. The van der Waals surface area contributed by atoms with E-state index in [1.165, 1.54) is 0 Å². The van der Waals surface area contributed by atoms with E-state index in [0.717, 1.165) is 11.1 Å². The van der Waals surface area contributed by atoms with Gasteiger partial charge in [-0.15, -0.1) is 0 Å². The van der Waals surface area contributed by atoms with E-state index in [9.17, 15) is 14.4 Å². The molecule has 3 aromatic rings.